The van der Waals surface area contributed by atoms with E-state index in [1.165, 1.54) is 40.2 Å². The van der Waals surface area contributed by atoms with Gasteiger partial charge in [-0.15, -0.1) is 11.3 Å². The minimum atomic E-state index is -0.633. The van der Waals surface area contributed by atoms with E-state index in [1.807, 2.05) is 37.3 Å². The van der Waals surface area contributed by atoms with E-state index in [-0.39, 0.29) is 18.1 Å². The first-order valence-corrected chi connectivity index (χ1v) is 10.7. The maximum absolute atomic E-state index is 13.3. The maximum atomic E-state index is 13.3. The average Bonchev–Trinajstić information content (AvgIpc) is 3.27. The molecular formula is C23H20FN3O3S. The molecule has 0 unspecified atom stereocenters. The normalized spacial score (nSPS) is 11.0. The lowest BCUT2D eigenvalue weighted by atomic mass is 10.2. The van der Waals surface area contributed by atoms with Gasteiger partial charge in [-0.2, -0.15) is 0 Å². The summed E-state index contributed by atoms with van der Waals surface area (Å²) in [7, 11) is 0. The summed E-state index contributed by atoms with van der Waals surface area (Å²) in [5, 5.41) is 1.71. The Hall–Kier alpha value is -3.52. The van der Waals surface area contributed by atoms with E-state index in [0.717, 1.165) is 10.1 Å². The van der Waals surface area contributed by atoms with Crippen molar-refractivity contribution >= 4 is 27.5 Å². The highest BCUT2D eigenvalue weighted by Gasteiger charge is 2.20. The van der Waals surface area contributed by atoms with Gasteiger partial charge in [0.1, 0.15) is 17.1 Å². The molecule has 0 radical (unpaired) electrons. The van der Waals surface area contributed by atoms with Gasteiger partial charge in [-0.25, -0.2) is 13.8 Å². The first kappa shape index (κ1) is 20.7. The highest BCUT2D eigenvalue weighted by atomic mass is 32.1. The first-order chi connectivity index (χ1) is 15.0. The zero-order valence-corrected chi connectivity index (χ0v) is 17.6. The summed E-state index contributed by atoms with van der Waals surface area (Å²) in [6, 6.07) is 16.4. The fraction of sp³-hybridized carbons (Fsp3) is 0.174. The molecule has 0 spiro atoms. The van der Waals surface area contributed by atoms with E-state index < -0.39 is 17.1 Å². The van der Waals surface area contributed by atoms with E-state index in [9.17, 15) is 18.8 Å². The molecule has 2 heterocycles. The van der Waals surface area contributed by atoms with Gasteiger partial charge in [0.2, 0.25) is 5.91 Å². The van der Waals surface area contributed by atoms with Crippen LogP contribution in [0.5, 0.6) is 0 Å². The van der Waals surface area contributed by atoms with Crippen LogP contribution in [0.3, 0.4) is 0 Å². The topological polar surface area (TPSA) is 64.3 Å². The highest BCUT2D eigenvalue weighted by molar-refractivity contribution is 7.17. The summed E-state index contributed by atoms with van der Waals surface area (Å²) in [6.07, 6.45) is 0. The summed E-state index contributed by atoms with van der Waals surface area (Å²) >= 11 is 1.20. The molecule has 0 fully saturated rings. The SMILES string of the molecule is CCN(Cc1ccccc1)C(=O)Cn1c(=O)n(-c2ccc(F)cc2)c(=O)c2sccc21. The van der Waals surface area contributed by atoms with E-state index in [1.54, 1.807) is 16.3 Å². The second-order valence-electron chi connectivity index (χ2n) is 7.01. The second-order valence-corrected chi connectivity index (χ2v) is 7.93. The lowest BCUT2D eigenvalue weighted by molar-refractivity contribution is -0.132. The first-order valence-electron chi connectivity index (χ1n) is 9.80. The molecule has 0 atom stereocenters. The van der Waals surface area contributed by atoms with Gasteiger partial charge in [-0.05, 0) is 48.2 Å². The lowest BCUT2D eigenvalue weighted by Gasteiger charge is -2.22. The number of thiophene rings is 1. The molecule has 8 heteroatoms. The summed E-state index contributed by atoms with van der Waals surface area (Å²) in [6.45, 7) is 2.58. The van der Waals surface area contributed by atoms with Gasteiger partial charge in [0.05, 0.1) is 11.2 Å². The van der Waals surface area contributed by atoms with Crippen molar-refractivity contribution < 1.29 is 9.18 Å². The van der Waals surface area contributed by atoms with Crippen molar-refractivity contribution in [3.8, 4) is 5.69 Å². The van der Waals surface area contributed by atoms with Crippen molar-refractivity contribution in [1.29, 1.82) is 0 Å². The van der Waals surface area contributed by atoms with Crippen molar-refractivity contribution in [3.63, 3.8) is 0 Å². The third-order valence-electron chi connectivity index (χ3n) is 5.08. The molecule has 6 nitrogen and oxygen atoms in total. The predicted molar refractivity (Wildman–Crippen MR) is 119 cm³/mol. The standard InChI is InChI=1S/C23H20FN3O3S/c1-2-25(14-16-6-4-3-5-7-16)20(28)15-26-19-12-13-31-21(19)22(29)27(23(26)30)18-10-8-17(24)9-11-18/h3-13H,2,14-15H2,1H3. The Balaban J connectivity index is 1.76. The lowest BCUT2D eigenvalue weighted by Crippen LogP contribution is -2.42. The Kier molecular flexibility index (Phi) is 5.81. The molecule has 0 saturated heterocycles. The fourth-order valence-corrected chi connectivity index (χ4v) is 4.30. The van der Waals surface area contributed by atoms with Crippen LogP contribution in [0, 0.1) is 5.82 Å². The molecule has 31 heavy (non-hydrogen) atoms. The number of carbonyl (C=O) groups excluding carboxylic acids is 1. The van der Waals surface area contributed by atoms with Crippen molar-refractivity contribution in [2.24, 2.45) is 0 Å². The molecule has 0 aliphatic rings. The van der Waals surface area contributed by atoms with Crippen LogP contribution in [0.1, 0.15) is 12.5 Å². The molecule has 4 aromatic rings. The zero-order valence-electron chi connectivity index (χ0n) is 16.8. The zero-order chi connectivity index (χ0) is 22.0. The Labute approximate surface area is 181 Å². The van der Waals surface area contributed by atoms with Crippen LogP contribution < -0.4 is 11.2 Å². The fourth-order valence-electron chi connectivity index (χ4n) is 3.47. The van der Waals surface area contributed by atoms with Gasteiger partial charge in [0, 0.05) is 13.1 Å². The van der Waals surface area contributed by atoms with E-state index in [4.69, 9.17) is 0 Å². The van der Waals surface area contributed by atoms with Crippen LogP contribution in [0.4, 0.5) is 4.39 Å². The quantitative estimate of drug-likeness (QED) is 0.464. The predicted octanol–water partition coefficient (Wildman–Crippen LogP) is 3.40. The van der Waals surface area contributed by atoms with Gasteiger partial charge in [0.25, 0.3) is 5.56 Å². The number of carbonyl (C=O) groups is 1. The number of hydrogen-bond acceptors (Lipinski definition) is 4. The number of nitrogens with zero attached hydrogens (tertiary/aromatic N) is 3. The number of likely N-dealkylation sites (N-methyl/N-ethyl adjacent to an activating group) is 1. The largest absolute Gasteiger partial charge is 0.337 e. The molecule has 0 saturated carbocycles. The van der Waals surface area contributed by atoms with E-state index >= 15 is 0 Å². The summed E-state index contributed by atoms with van der Waals surface area (Å²) in [5.41, 5.74) is 0.544. The van der Waals surface area contributed by atoms with E-state index in [2.05, 4.69) is 0 Å². The molecule has 0 bridgehead atoms. The number of amides is 1. The number of fused-ring (bicyclic) bond motifs is 1. The molecule has 2 aromatic carbocycles. The average molecular weight is 437 g/mol. The summed E-state index contributed by atoms with van der Waals surface area (Å²) in [4.78, 5) is 40.9. The highest BCUT2D eigenvalue weighted by Crippen LogP contribution is 2.17. The van der Waals surface area contributed by atoms with Crippen molar-refractivity contribution in [1.82, 2.24) is 14.0 Å². The van der Waals surface area contributed by atoms with Crippen LogP contribution >= 0.6 is 11.3 Å². The molecule has 2 aromatic heterocycles. The smallest absolute Gasteiger partial charge is 0.336 e. The molecule has 4 rings (SSSR count). The van der Waals surface area contributed by atoms with Crippen molar-refractivity contribution in [2.45, 2.75) is 20.0 Å². The Morgan fingerprint density at radius 3 is 2.42 bits per heavy atom. The van der Waals surface area contributed by atoms with Crippen molar-refractivity contribution in [2.75, 3.05) is 6.54 Å². The van der Waals surface area contributed by atoms with Gasteiger partial charge in [-0.1, -0.05) is 30.3 Å². The number of rotatable bonds is 6. The van der Waals surface area contributed by atoms with Crippen LogP contribution in [-0.4, -0.2) is 26.5 Å². The molecule has 1 amide bonds. The maximum Gasteiger partial charge on any atom is 0.336 e. The number of halogens is 1. The molecule has 158 valence electrons. The Morgan fingerprint density at radius 2 is 1.74 bits per heavy atom. The third-order valence-corrected chi connectivity index (χ3v) is 5.98. The van der Waals surface area contributed by atoms with Crippen molar-refractivity contribution in [3.05, 3.63) is 98.3 Å². The van der Waals surface area contributed by atoms with Crippen LogP contribution in [0.25, 0.3) is 15.9 Å². The van der Waals surface area contributed by atoms with Crippen LogP contribution in [-0.2, 0) is 17.9 Å². The molecule has 0 aliphatic carbocycles. The number of aromatic nitrogens is 2. The van der Waals surface area contributed by atoms with Gasteiger partial charge in [0.15, 0.2) is 0 Å². The summed E-state index contributed by atoms with van der Waals surface area (Å²) in [5.74, 6) is -0.700. The van der Waals surface area contributed by atoms with Crippen LogP contribution in [0.15, 0.2) is 75.6 Å². The van der Waals surface area contributed by atoms with Crippen LogP contribution in [0.2, 0.25) is 0 Å². The molecular weight excluding hydrogens is 417 g/mol. The second kappa shape index (κ2) is 8.69. The Morgan fingerprint density at radius 1 is 1.03 bits per heavy atom. The molecule has 0 N–H and O–H groups in total. The Bertz CT molecular complexity index is 1340. The monoisotopic (exact) mass is 437 g/mol. The van der Waals surface area contributed by atoms with Gasteiger partial charge >= 0.3 is 5.69 Å². The van der Waals surface area contributed by atoms with Gasteiger partial charge < -0.3 is 4.90 Å². The minimum absolute atomic E-state index is 0.200. The minimum Gasteiger partial charge on any atom is -0.337 e. The number of hydrogen-bond donors (Lipinski definition) is 0. The third kappa shape index (κ3) is 4.06. The summed E-state index contributed by atoms with van der Waals surface area (Å²) < 4.78 is 16.0. The number of benzene rings is 2. The van der Waals surface area contributed by atoms with E-state index in [0.29, 0.717) is 23.3 Å². The molecule has 0 aliphatic heterocycles. The van der Waals surface area contributed by atoms with Gasteiger partial charge in [-0.3, -0.25) is 14.2 Å².